The van der Waals surface area contributed by atoms with Gasteiger partial charge < -0.3 is 15.4 Å². The van der Waals surface area contributed by atoms with E-state index in [0.29, 0.717) is 11.6 Å². The highest BCUT2D eigenvalue weighted by Crippen LogP contribution is 2.18. The summed E-state index contributed by atoms with van der Waals surface area (Å²) in [5, 5.41) is 7.21. The lowest BCUT2D eigenvalue weighted by atomic mass is 9.91. The molecule has 2 N–H and O–H groups in total. The predicted molar refractivity (Wildman–Crippen MR) is 66.7 cm³/mol. The van der Waals surface area contributed by atoms with Gasteiger partial charge in [0.2, 0.25) is 0 Å². The van der Waals surface area contributed by atoms with E-state index in [9.17, 15) is 0 Å². The third-order valence-corrected chi connectivity index (χ3v) is 3.89. The van der Waals surface area contributed by atoms with Crippen LogP contribution in [0.4, 0.5) is 0 Å². The van der Waals surface area contributed by atoms with E-state index in [0.717, 1.165) is 19.7 Å². The van der Waals surface area contributed by atoms with Gasteiger partial charge in [-0.15, -0.1) is 0 Å². The Morgan fingerprint density at radius 3 is 3.00 bits per heavy atom. The van der Waals surface area contributed by atoms with Gasteiger partial charge in [-0.05, 0) is 52.1 Å². The summed E-state index contributed by atoms with van der Waals surface area (Å²) in [5.74, 6) is 0. The minimum atomic E-state index is 0.328. The lowest BCUT2D eigenvalue weighted by Crippen LogP contribution is -2.52. The summed E-state index contributed by atoms with van der Waals surface area (Å²) in [5.41, 5.74) is 0.328. The van der Waals surface area contributed by atoms with Gasteiger partial charge in [-0.2, -0.15) is 0 Å². The SMILES string of the molecule is CC1(CNCCC2CCCO2)CCCCN1. The molecule has 0 aromatic carbocycles. The molecule has 2 heterocycles. The Labute approximate surface area is 99.3 Å². The number of hydrogen-bond acceptors (Lipinski definition) is 3. The Balaban J connectivity index is 1.56. The first-order chi connectivity index (χ1) is 7.79. The molecule has 0 radical (unpaired) electrons. The predicted octanol–water partition coefficient (Wildman–Crippen LogP) is 1.68. The normalized spacial score (nSPS) is 35.4. The molecule has 3 heteroatoms. The van der Waals surface area contributed by atoms with E-state index in [1.165, 1.54) is 45.1 Å². The topological polar surface area (TPSA) is 33.3 Å². The number of nitrogens with one attached hydrogen (secondary N) is 2. The summed E-state index contributed by atoms with van der Waals surface area (Å²) in [6.07, 6.45) is 8.24. The molecule has 2 aliphatic heterocycles. The summed E-state index contributed by atoms with van der Waals surface area (Å²) in [7, 11) is 0. The minimum absolute atomic E-state index is 0.328. The number of rotatable bonds is 5. The molecule has 0 aliphatic carbocycles. The van der Waals surface area contributed by atoms with Crippen molar-refractivity contribution in [2.45, 2.75) is 57.1 Å². The quantitative estimate of drug-likeness (QED) is 0.700. The Morgan fingerprint density at radius 2 is 2.31 bits per heavy atom. The molecule has 2 atom stereocenters. The van der Waals surface area contributed by atoms with Gasteiger partial charge in [0.15, 0.2) is 0 Å². The Kier molecular flexibility index (Phi) is 4.62. The van der Waals surface area contributed by atoms with Gasteiger partial charge in [-0.3, -0.25) is 0 Å². The van der Waals surface area contributed by atoms with E-state index in [1.807, 2.05) is 0 Å². The second-order valence-corrected chi connectivity index (χ2v) is 5.55. The highest BCUT2D eigenvalue weighted by atomic mass is 16.5. The van der Waals surface area contributed by atoms with Crippen molar-refractivity contribution in [3.05, 3.63) is 0 Å². The number of ether oxygens (including phenoxy) is 1. The highest BCUT2D eigenvalue weighted by molar-refractivity contribution is 4.88. The van der Waals surface area contributed by atoms with E-state index >= 15 is 0 Å². The highest BCUT2D eigenvalue weighted by Gasteiger charge is 2.25. The molecule has 16 heavy (non-hydrogen) atoms. The van der Waals surface area contributed by atoms with Crippen LogP contribution in [0.3, 0.4) is 0 Å². The Bertz CT molecular complexity index is 196. The van der Waals surface area contributed by atoms with E-state index < -0.39 is 0 Å². The van der Waals surface area contributed by atoms with Gasteiger partial charge in [0.05, 0.1) is 6.10 Å². The second kappa shape index (κ2) is 5.99. The van der Waals surface area contributed by atoms with Crippen LogP contribution in [0, 0.1) is 0 Å². The fourth-order valence-electron chi connectivity index (χ4n) is 2.77. The Hall–Kier alpha value is -0.120. The second-order valence-electron chi connectivity index (χ2n) is 5.55. The first-order valence-electron chi connectivity index (χ1n) is 6.86. The summed E-state index contributed by atoms with van der Waals surface area (Å²) in [6, 6.07) is 0. The van der Waals surface area contributed by atoms with Crippen LogP contribution in [0.2, 0.25) is 0 Å². The molecule has 2 unspecified atom stereocenters. The van der Waals surface area contributed by atoms with Gasteiger partial charge in [0.1, 0.15) is 0 Å². The van der Waals surface area contributed by atoms with Crippen LogP contribution in [0.5, 0.6) is 0 Å². The molecule has 94 valence electrons. The van der Waals surface area contributed by atoms with Crippen LogP contribution in [0.15, 0.2) is 0 Å². The van der Waals surface area contributed by atoms with Crippen molar-refractivity contribution in [2.75, 3.05) is 26.2 Å². The number of piperidine rings is 1. The van der Waals surface area contributed by atoms with Gasteiger partial charge in [-0.25, -0.2) is 0 Å². The fourth-order valence-corrected chi connectivity index (χ4v) is 2.77. The molecule has 2 fully saturated rings. The van der Waals surface area contributed by atoms with Gasteiger partial charge >= 0.3 is 0 Å². The van der Waals surface area contributed by atoms with Crippen molar-refractivity contribution in [2.24, 2.45) is 0 Å². The Morgan fingerprint density at radius 1 is 1.38 bits per heavy atom. The molecule has 2 rings (SSSR count). The minimum Gasteiger partial charge on any atom is -0.378 e. The molecular formula is C13H26N2O. The monoisotopic (exact) mass is 226 g/mol. The van der Waals surface area contributed by atoms with Crippen LogP contribution in [0.1, 0.15) is 45.4 Å². The maximum atomic E-state index is 5.61. The maximum Gasteiger partial charge on any atom is 0.0588 e. The van der Waals surface area contributed by atoms with Crippen molar-refractivity contribution >= 4 is 0 Å². The smallest absolute Gasteiger partial charge is 0.0588 e. The first-order valence-corrected chi connectivity index (χ1v) is 6.86. The zero-order chi connectivity index (χ0) is 11.3. The van der Waals surface area contributed by atoms with Crippen LogP contribution in [-0.4, -0.2) is 37.9 Å². The standard InChI is InChI=1S/C13H26N2O/c1-13(7-2-3-8-15-13)11-14-9-6-12-5-4-10-16-12/h12,14-15H,2-11H2,1H3. The molecule has 3 nitrogen and oxygen atoms in total. The summed E-state index contributed by atoms with van der Waals surface area (Å²) in [4.78, 5) is 0. The van der Waals surface area contributed by atoms with Crippen molar-refractivity contribution in [3.8, 4) is 0 Å². The van der Waals surface area contributed by atoms with Crippen molar-refractivity contribution in [3.63, 3.8) is 0 Å². The molecule has 0 spiro atoms. The largest absolute Gasteiger partial charge is 0.378 e. The molecule has 2 saturated heterocycles. The van der Waals surface area contributed by atoms with Gasteiger partial charge in [0, 0.05) is 18.7 Å². The van der Waals surface area contributed by atoms with Crippen LogP contribution in [0.25, 0.3) is 0 Å². The van der Waals surface area contributed by atoms with E-state index in [1.54, 1.807) is 0 Å². The third kappa shape index (κ3) is 3.72. The maximum absolute atomic E-state index is 5.61. The fraction of sp³-hybridized carbons (Fsp3) is 1.00. The van der Waals surface area contributed by atoms with E-state index in [2.05, 4.69) is 17.6 Å². The zero-order valence-corrected chi connectivity index (χ0v) is 10.6. The molecular weight excluding hydrogens is 200 g/mol. The van der Waals surface area contributed by atoms with Crippen LogP contribution < -0.4 is 10.6 Å². The molecule has 0 aromatic rings. The summed E-state index contributed by atoms with van der Waals surface area (Å²) >= 11 is 0. The number of hydrogen-bond donors (Lipinski definition) is 2. The molecule has 2 aliphatic rings. The zero-order valence-electron chi connectivity index (χ0n) is 10.6. The molecule has 0 aromatic heterocycles. The van der Waals surface area contributed by atoms with Crippen molar-refractivity contribution < 1.29 is 4.74 Å². The molecule has 0 saturated carbocycles. The van der Waals surface area contributed by atoms with Crippen molar-refractivity contribution in [1.29, 1.82) is 0 Å². The van der Waals surface area contributed by atoms with Crippen molar-refractivity contribution in [1.82, 2.24) is 10.6 Å². The van der Waals surface area contributed by atoms with Crippen LogP contribution in [-0.2, 0) is 4.74 Å². The lowest BCUT2D eigenvalue weighted by molar-refractivity contribution is 0.103. The third-order valence-electron chi connectivity index (χ3n) is 3.89. The summed E-state index contributed by atoms with van der Waals surface area (Å²) in [6.45, 7) is 6.70. The molecule has 0 bridgehead atoms. The van der Waals surface area contributed by atoms with Crippen LogP contribution >= 0.6 is 0 Å². The van der Waals surface area contributed by atoms with Gasteiger partial charge in [-0.1, -0.05) is 6.42 Å². The van der Waals surface area contributed by atoms with E-state index in [4.69, 9.17) is 4.74 Å². The van der Waals surface area contributed by atoms with E-state index in [-0.39, 0.29) is 0 Å². The average Bonchev–Trinajstić information content (AvgIpc) is 2.78. The molecule has 0 amide bonds. The summed E-state index contributed by atoms with van der Waals surface area (Å²) < 4.78 is 5.61. The first kappa shape index (κ1) is 12.3. The van der Waals surface area contributed by atoms with Gasteiger partial charge in [0.25, 0.3) is 0 Å². The average molecular weight is 226 g/mol. The lowest BCUT2D eigenvalue weighted by Gasteiger charge is -2.35.